The summed E-state index contributed by atoms with van der Waals surface area (Å²) in [6, 6.07) is 15.7. The van der Waals surface area contributed by atoms with E-state index in [0.717, 1.165) is 16.8 Å². The third-order valence-electron chi connectivity index (χ3n) is 4.06. The predicted molar refractivity (Wildman–Crippen MR) is 88.2 cm³/mol. The fraction of sp³-hybridized carbons (Fsp3) is 0.263. The number of ketones is 1. The molecule has 1 atom stereocenters. The summed E-state index contributed by atoms with van der Waals surface area (Å²) < 4.78 is 0. The number of piperidine rings is 1. The number of hydrogen-bond donors (Lipinski definition) is 1. The van der Waals surface area contributed by atoms with Crippen molar-refractivity contribution in [1.29, 1.82) is 0 Å². The van der Waals surface area contributed by atoms with Gasteiger partial charge < -0.3 is 5.32 Å². The number of carbonyl (C=O) groups excluding carboxylic acids is 1. The van der Waals surface area contributed by atoms with Crippen molar-refractivity contribution in [3.63, 3.8) is 0 Å². The van der Waals surface area contributed by atoms with Gasteiger partial charge in [-0.25, -0.2) is 0 Å². The lowest BCUT2D eigenvalue weighted by Crippen LogP contribution is -2.46. The molecule has 3 heteroatoms. The van der Waals surface area contributed by atoms with Crippen LogP contribution in [0.4, 0.5) is 0 Å². The van der Waals surface area contributed by atoms with Crippen molar-refractivity contribution in [3.8, 4) is 0 Å². The van der Waals surface area contributed by atoms with Crippen LogP contribution < -0.4 is 5.32 Å². The van der Waals surface area contributed by atoms with Gasteiger partial charge in [-0.05, 0) is 23.8 Å². The molecular weight excluding hydrogens is 272 g/mol. The maximum absolute atomic E-state index is 12.9. The van der Waals surface area contributed by atoms with Gasteiger partial charge in [0.2, 0.25) is 0 Å². The summed E-state index contributed by atoms with van der Waals surface area (Å²) in [5, 5.41) is 3.51. The summed E-state index contributed by atoms with van der Waals surface area (Å²) in [7, 11) is 0. The van der Waals surface area contributed by atoms with E-state index in [9.17, 15) is 4.79 Å². The Morgan fingerprint density at radius 1 is 1.14 bits per heavy atom. The average molecular weight is 292 g/mol. The van der Waals surface area contributed by atoms with E-state index in [2.05, 4.69) is 22.4 Å². The second-order valence-corrected chi connectivity index (χ2v) is 6.29. The fourth-order valence-electron chi connectivity index (χ4n) is 2.78. The van der Waals surface area contributed by atoms with Crippen molar-refractivity contribution in [2.24, 2.45) is 5.41 Å². The highest BCUT2D eigenvalue weighted by Gasteiger charge is 2.39. The quantitative estimate of drug-likeness (QED) is 0.863. The van der Waals surface area contributed by atoms with E-state index in [1.807, 2.05) is 56.3 Å². The maximum Gasteiger partial charge on any atom is 0.167 e. The molecule has 0 radical (unpaired) electrons. The molecule has 0 saturated carbocycles. The third kappa shape index (κ3) is 2.85. The summed E-state index contributed by atoms with van der Waals surface area (Å²) in [4.78, 5) is 17.2. The van der Waals surface area contributed by atoms with Gasteiger partial charge in [0.1, 0.15) is 0 Å². The number of aromatic nitrogens is 1. The molecule has 1 unspecified atom stereocenters. The normalized spacial score (nSPS) is 22.7. The molecule has 0 aliphatic carbocycles. The van der Waals surface area contributed by atoms with Gasteiger partial charge in [-0.2, -0.15) is 0 Å². The van der Waals surface area contributed by atoms with Crippen LogP contribution in [-0.2, 0) is 4.79 Å². The number of pyridine rings is 1. The van der Waals surface area contributed by atoms with Crippen molar-refractivity contribution < 1.29 is 4.79 Å². The zero-order valence-electron chi connectivity index (χ0n) is 12.9. The van der Waals surface area contributed by atoms with E-state index < -0.39 is 5.41 Å². The first-order chi connectivity index (χ1) is 10.6. The molecular formula is C19H20N2O. The van der Waals surface area contributed by atoms with Crippen LogP contribution >= 0.6 is 0 Å². The van der Waals surface area contributed by atoms with Crippen LogP contribution in [0.2, 0.25) is 0 Å². The van der Waals surface area contributed by atoms with E-state index in [4.69, 9.17) is 0 Å². The Hall–Kier alpha value is -2.26. The summed E-state index contributed by atoms with van der Waals surface area (Å²) in [5.41, 5.74) is 2.30. The highest BCUT2D eigenvalue weighted by molar-refractivity contribution is 6.05. The Bertz CT molecular complexity index is 690. The van der Waals surface area contributed by atoms with E-state index in [1.54, 1.807) is 6.20 Å². The molecule has 3 rings (SSSR count). The lowest BCUT2D eigenvalue weighted by molar-refractivity contribution is -0.124. The molecule has 2 aromatic rings. The average Bonchev–Trinajstić information content (AvgIpc) is 2.54. The third-order valence-corrected chi connectivity index (χ3v) is 4.06. The van der Waals surface area contributed by atoms with Gasteiger partial charge in [-0.1, -0.05) is 50.2 Å². The van der Waals surface area contributed by atoms with Crippen LogP contribution in [0.1, 0.15) is 31.1 Å². The molecule has 2 heterocycles. The summed E-state index contributed by atoms with van der Waals surface area (Å²) >= 11 is 0. The largest absolute Gasteiger partial charge is 0.305 e. The van der Waals surface area contributed by atoms with E-state index in [-0.39, 0.29) is 11.8 Å². The number of nitrogens with zero attached hydrogens (tertiary/aromatic N) is 1. The van der Waals surface area contributed by atoms with Gasteiger partial charge in [0.15, 0.2) is 5.78 Å². The number of rotatable bonds is 2. The Kier molecular flexibility index (Phi) is 3.90. The lowest BCUT2D eigenvalue weighted by Gasteiger charge is -2.36. The van der Waals surface area contributed by atoms with Crippen molar-refractivity contribution in [3.05, 3.63) is 71.6 Å². The minimum absolute atomic E-state index is 0.0799. The molecule has 1 fully saturated rings. The van der Waals surface area contributed by atoms with E-state index in [1.165, 1.54) is 0 Å². The van der Waals surface area contributed by atoms with Gasteiger partial charge >= 0.3 is 0 Å². The Morgan fingerprint density at radius 2 is 1.86 bits per heavy atom. The number of hydrogen-bond acceptors (Lipinski definition) is 3. The smallest absolute Gasteiger partial charge is 0.167 e. The summed E-state index contributed by atoms with van der Waals surface area (Å²) in [6.45, 7) is 4.64. The van der Waals surface area contributed by atoms with Crippen LogP contribution in [0.15, 0.2) is 60.3 Å². The lowest BCUT2D eigenvalue weighted by atomic mass is 9.76. The van der Waals surface area contributed by atoms with Crippen LogP contribution in [-0.4, -0.2) is 17.3 Å². The molecule has 1 aromatic carbocycles. The Labute approximate surface area is 131 Å². The Balaban J connectivity index is 2.06. The molecule has 1 aromatic heterocycles. The highest BCUT2D eigenvalue weighted by Crippen LogP contribution is 2.35. The topological polar surface area (TPSA) is 42.0 Å². The van der Waals surface area contributed by atoms with E-state index >= 15 is 0 Å². The zero-order valence-corrected chi connectivity index (χ0v) is 12.9. The molecule has 1 aliphatic rings. The summed E-state index contributed by atoms with van der Waals surface area (Å²) in [6.07, 6.45) is 3.66. The second-order valence-electron chi connectivity index (χ2n) is 6.29. The zero-order chi connectivity index (χ0) is 15.6. The van der Waals surface area contributed by atoms with E-state index in [0.29, 0.717) is 6.54 Å². The molecule has 1 N–H and O–H groups in total. The van der Waals surface area contributed by atoms with Crippen LogP contribution in [0.3, 0.4) is 0 Å². The van der Waals surface area contributed by atoms with Gasteiger partial charge in [0, 0.05) is 23.7 Å². The minimum Gasteiger partial charge on any atom is -0.305 e. The Morgan fingerprint density at radius 3 is 2.55 bits per heavy atom. The first-order valence-electron chi connectivity index (χ1n) is 7.54. The molecule has 22 heavy (non-hydrogen) atoms. The van der Waals surface area contributed by atoms with Crippen LogP contribution in [0.5, 0.6) is 0 Å². The van der Waals surface area contributed by atoms with Crippen LogP contribution in [0.25, 0.3) is 6.08 Å². The molecule has 112 valence electrons. The van der Waals surface area contributed by atoms with Gasteiger partial charge in [0.25, 0.3) is 0 Å². The monoisotopic (exact) mass is 292 g/mol. The van der Waals surface area contributed by atoms with Crippen LogP contribution in [0, 0.1) is 5.41 Å². The molecule has 0 spiro atoms. The molecule has 0 amide bonds. The summed E-state index contributed by atoms with van der Waals surface area (Å²) in [5.74, 6) is 0.186. The van der Waals surface area contributed by atoms with Crippen molar-refractivity contribution in [1.82, 2.24) is 10.3 Å². The van der Waals surface area contributed by atoms with Crippen molar-refractivity contribution in [2.75, 3.05) is 6.54 Å². The minimum atomic E-state index is -0.397. The number of Topliss-reactive ketones (excluding diaryl/α,β-unsaturated/α-hetero) is 1. The number of nitrogens with one attached hydrogen (secondary N) is 1. The fourth-order valence-corrected chi connectivity index (χ4v) is 2.78. The standard InChI is InChI=1S/C19H20N2O/c1-19(2)13-21-17(14-8-4-3-5-9-14)16(18(19)22)12-15-10-6-7-11-20-15/h3-12,17,21H,13H2,1-2H3. The first kappa shape index (κ1) is 14.7. The molecule has 3 nitrogen and oxygen atoms in total. The SMILES string of the molecule is CC1(C)CNC(c2ccccc2)C(=Cc2ccccn2)C1=O. The number of benzene rings is 1. The van der Waals surface area contributed by atoms with Crippen molar-refractivity contribution >= 4 is 11.9 Å². The molecule has 0 bridgehead atoms. The van der Waals surface area contributed by atoms with Crippen molar-refractivity contribution in [2.45, 2.75) is 19.9 Å². The number of carbonyl (C=O) groups is 1. The van der Waals surface area contributed by atoms with Gasteiger partial charge in [-0.15, -0.1) is 0 Å². The molecule has 1 saturated heterocycles. The maximum atomic E-state index is 12.9. The second kappa shape index (κ2) is 5.85. The first-order valence-corrected chi connectivity index (χ1v) is 7.54. The highest BCUT2D eigenvalue weighted by atomic mass is 16.1. The predicted octanol–water partition coefficient (Wildman–Crippen LogP) is 3.40. The van der Waals surface area contributed by atoms with Gasteiger partial charge in [-0.3, -0.25) is 9.78 Å². The molecule has 1 aliphatic heterocycles. The van der Waals surface area contributed by atoms with Gasteiger partial charge in [0.05, 0.1) is 11.7 Å².